The first-order valence-electron chi connectivity index (χ1n) is 4.95. The van der Waals surface area contributed by atoms with Crippen molar-refractivity contribution in [1.29, 1.82) is 0 Å². The lowest BCUT2D eigenvalue weighted by molar-refractivity contribution is 0.102. The lowest BCUT2D eigenvalue weighted by Crippen LogP contribution is -2.12. The Balaban J connectivity index is 2.09. The first-order chi connectivity index (χ1) is 8.19. The molecule has 1 amide bonds. The van der Waals surface area contributed by atoms with Gasteiger partial charge in [-0.3, -0.25) is 10.1 Å². The number of carbonyl (C=O) groups excluding carboxylic acids is 1. The van der Waals surface area contributed by atoms with E-state index in [9.17, 15) is 4.79 Å². The van der Waals surface area contributed by atoms with E-state index >= 15 is 0 Å². The molecular weight excluding hydrogens is 222 g/mol. The van der Waals surface area contributed by atoms with Crippen LogP contribution in [-0.2, 0) is 0 Å². The number of rotatable bonds is 3. The van der Waals surface area contributed by atoms with E-state index in [1.165, 1.54) is 0 Å². The minimum absolute atomic E-state index is 0.156. The van der Waals surface area contributed by atoms with Gasteiger partial charge in [0.05, 0.1) is 7.11 Å². The molecule has 1 N–H and O–H groups in total. The average molecular weight is 233 g/mol. The van der Waals surface area contributed by atoms with Crippen LogP contribution in [0.3, 0.4) is 0 Å². The first-order valence-corrected chi connectivity index (χ1v) is 4.95. The summed E-state index contributed by atoms with van der Waals surface area (Å²) in [5, 5.41) is 6.09. The molecule has 0 saturated heterocycles. The maximum Gasteiger partial charge on any atom is 0.270 e. The largest absolute Gasteiger partial charge is 0.497 e. The highest BCUT2D eigenvalue weighted by Gasteiger charge is 2.09. The molecule has 0 aliphatic rings. The molecule has 1 aromatic carbocycles. The molecule has 0 aliphatic carbocycles. The van der Waals surface area contributed by atoms with Gasteiger partial charge in [0.15, 0.2) is 0 Å². The molecule has 0 aliphatic heterocycles. The van der Waals surface area contributed by atoms with Crippen molar-refractivity contribution in [3.05, 3.63) is 35.7 Å². The molecule has 2 aromatic rings. The Hall–Kier alpha value is -2.37. The van der Waals surface area contributed by atoms with E-state index in [-0.39, 0.29) is 11.9 Å². The van der Waals surface area contributed by atoms with E-state index < -0.39 is 0 Å². The number of ether oxygens (including phenoxy) is 1. The van der Waals surface area contributed by atoms with E-state index in [1.807, 2.05) is 0 Å². The number of anilines is 1. The van der Waals surface area contributed by atoms with Gasteiger partial charge in [0.2, 0.25) is 5.89 Å². The van der Waals surface area contributed by atoms with Crippen LogP contribution >= 0.6 is 0 Å². The zero-order valence-corrected chi connectivity index (χ0v) is 9.43. The van der Waals surface area contributed by atoms with Crippen LogP contribution < -0.4 is 10.1 Å². The quantitative estimate of drug-likeness (QED) is 0.871. The smallest absolute Gasteiger partial charge is 0.270 e. The molecular formula is C11H11N3O3. The Kier molecular flexibility index (Phi) is 3.04. The van der Waals surface area contributed by atoms with E-state index in [0.29, 0.717) is 17.2 Å². The minimum Gasteiger partial charge on any atom is -0.497 e. The Morgan fingerprint density at radius 3 is 2.59 bits per heavy atom. The summed E-state index contributed by atoms with van der Waals surface area (Å²) >= 11 is 0. The molecule has 0 unspecified atom stereocenters. The van der Waals surface area contributed by atoms with Crippen LogP contribution in [0.4, 0.5) is 5.95 Å². The summed E-state index contributed by atoms with van der Waals surface area (Å²) in [6.45, 7) is 1.65. The number of aryl methyl sites for hydroxylation is 1. The van der Waals surface area contributed by atoms with Crippen LogP contribution in [0.15, 0.2) is 28.8 Å². The number of amides is 1. The summed E-state index contributed by atoms with van der Waals surface area (Å²) in [7, 11) is 1.57. The molecule has 0 saturated carbocycles. The van der Waals surface area contributed by atoms with Crippen molar-refractivity contribution in [3.63, 3.8) is 0 Å². The van der Waals surface area contributed by atoms with Gasteiger partial charge in [-0.1, -0.05) is 0 Å². The van der Waals surface area contributed by atoms with Gasteiger partial charge in [0.1, 0.15) is 5.75 Å². The summed E-state index contributed by atoms with van der Waals surface area (Å²) < 4.78 is 9.74. The number of hydrogen-bond donors (Lipinski definition) is 1. The van der Waals surface area contributed by atoms with Gasteiger partial charge in [-0.05, 0) is 29.4 Å². The van der Waals surface area contributed by atoms with Crippen molar-refractivity contribution < 1.29 is 14.1 Å². The highest BCUT2D eigenvalue weighted by molar-refractivity contribution is 6.03. The van der Waals surface area contributed by atoms with Crippen molar-refractivity contribution in [2.45, 2.75) is 6.92 Å². The Bertz CT molecular complexity index is 519. The molecule has 6 heteroatoms. The number of methoxy groups -OCH3 is 1. The zero-order chi connectivity index (χ0) is 12.3. The highest BCUT2D eigenvalue weighted by atomic mass is 16.5. The van der Waals surface area contributed by atoms with Gasteiger partial charge in [-0.25, -0.2) is 0 Å². The molecule has 6 nitrogen and oxygen atoms in total. The third-order valence-electron chi connectivity index (χ3n) is 2.11. The van der Waals surface area contributed by atoms with Crippen LogP contribution in [0.1, 0.15) is 16.2 Å². The lowest BCUT2D eigenvalue weighted by atomic mass is 10.2. The molecule has 0 bridgehead atoms. The summed E-state index contributed by atoms with van der Waals surface area (Å²) in [6, 6.07) is 6.72. The second-order valence-corrected chi connectivity index (χ2v) is 3.32. The number of nitrogens with one attached hydrogen (secondary N) is 1. The monoisotopic (exact) mass is 233 g/mol. The molecule has 88 valence electrons. The summed E-state index contributed by atoms with van der Waals surface area (Å²) in [6.07, 6.45) is 0. The third kappa shape index (κ3) is 2.60. The van der Waals surface area contributed by atoms with E-state index in [2.05, 4.69) is 15.5 Å². The molecule has 2 rings (SSSR count). The van der Waals surface area contributed by atoms with Crippen molar-refractivity contribution in [1.82, 2.24) is 10.1 Å². The Morgan fingerprint density at radius 2 is 2.06 bits per heavy atom. The Labute approximate surface area is 97.6 Å². The fraction of sp³-hybridized carbons (Fsp3) is 0.182. The number of benzene rings is 1. The second kappa shape index (κ2) is 4.65. The van der Waals surface area contributed by atoms with Gasteiger partial charge in [-0.15, -0.1) is 0 Å². The van der Waals surface area contributed by atoms with Gasteiger partial charge in [0.25, 0.3) is 11.9 Å². The fourth-order valence-corrected chi connectivity index (χ4v) is 1.27. The van der Waals surface area contributed by atoms with Crippen LogP contribution in [0.5, 0.6) is 5.75 Å². The molecule has 0 fully saturated rings. The zero-order valence-electron chi connectivity index (χ0n) is 9.43. The molecule has 1 heterocycles. The van der Waals surface area contributed by atoms with Crippen molar-refractivity contribution in [3.8, 4) is 5.75 Å². The summed E-state index contributed by atoms with van der Waals surface area (Å²) in [4.78, 5) is 15.6. The first kappa shape index (κ1) is 11.1. The van der Waals surface area contributed by atoms with Crippen LogP contribution in [-0.4, -0.2) is 23.2 Å². The topological polar surface area (TPSA) is 77.2 Å². The average Bonchev–Trinajstić information content (AvgIpc) is 2.75. The third-order valence-corrected chi connectivity index (χ3v) is 2.11. The maximum atomic E-state index is 11.7. The van der Waals surface area contributed by atoms with Gasteiger partial charge in [-0.2, -0.15) is 4.98 Å². The maximum absolute atomic E-state index is 11.7. The van der Waals surface area contributed by atoms with Crippen LogP contribution in [0.2, 0.25) is 0 Å². The predicted octanol–water partition coefficient (Wildman–Crippen LogP) is 1.64. The lowest BCUT2D eigenvalue weighted by Gasteiger charge is -2.02. The fourth-order valence-electron chi connectivity index (χ4n) is 1.27. The number of aromatic nitrogens is 2. The van der Waals surface area contributed by atoms with E-state index in [0.717, 1.165) is 0 Å². The highest BCUT2D eigenvalue weighted by Crippen LogP contribution is 2.12. The molecule has 1 aromatic heterocycles. The normalized spacial score (nSPS) is 10.0. The number of nitrogens with zero attached hydrogens (tertiary/aromatic N) is 2. The molecule has 17 heavy (non-hydrogen) atoms. The number of hydrogen-bond acceptors (Lipinski definition) is 5. The van der Waals surface area contributed by atoms with Gasteiger partial charge in [0, 0.05) is 12.5 Å². The molecule has 0 atom stereocenters. The summed E-state index contributed by atoms with van der Waals surface area (Å²) in [5.41, 5.74) is 0.494. The molecule has 0 radical (unpaired) electrons. The van der Waals surface area contributed by atoms with Crippen molar-refractivity contribution in [2.24, 2.45) is 0 Å². The predicted molar refractivity (Wildman–Crippen MR) is 60.0 cm³/mol. The van der Waals surface area contributed by atoms with E-state index in [1.54, 1.807) is 38.3 Å². The van der Waals surface area contributed by atoms with Crippen molar-refractivity contribution >= 4 is 11.9 Å². The van der Waals surface area contributed by atoms with Crippen LogP contribution in [0.25, 0.3) is 0 Å². The van der Waals surface area contributed by atoms with Gasteiger partial charge < -0.3 is 9.26 Å². The number of carbonyl (C=O) groups is 1. The SMILES string of the molecule is COc1ccc(C(=O)Nc2noc(C)n2)cc1. The Morgan fingerprint density at radius 1 is 1.35 bits per heavy atom. The van der Waals surface area contributed by atoms with Gasteiger partial charge >= 0.3 is 0 Å². The molecule has 0 spiro atoms. The minimum atomic E-state index is -0.298. The van der Waals surface area contributed by atoms with E-state index in [4.69, 9.17) is 9.26 Å². The van der Waals surface area contributed by atoms with Crippen molar-refractivity contribution in [2.75, 3.05) is 12.4 Å². The van der Waals surface area contributed by atoms with Crippen LogP contribution in [0, 0.1) is 6.92 Å². The summed E-state index contributed by atoms with van der Waals surface area (Å²) in [5.74, 6) is 0.948. The standard InChI is InChI=1S/C11H11N3O3/c1-7-12-11(14-17-7)13-10(15)8-3-5-9(16-2)6-4-8/h3-6H,1-2H3,(H,13,14,15). The second-order valence-electron chi connectivity index (χ2n) is 3.32.